The van der Waals surface area contributed by atoms with Crippen molar-refractivity contribution < 1.29 is 0 Å². The Morgan fingerprint density at radius 1 is 0.409 bits per heavy atom. The zero-order valence-corrected chi connectivity index (χ0v) is 15.3. The van der Waals surface area contributed by atoms with Crippen LogP contribution in [0.4, 0.5) is 0 Å². The third-order valence-corrected chi connectivity index (χ3v) is 4.05. The molecule has 0 spiro atoms. The van der Waals surface area contributed by atoms with Crippen molar-refractivity contribution in [3.8, 4) is 23.7 Å². The maximum Gasteiger partial charge on any atom is 0.00989 e. The second-order valence-electron chi connectivity index (χ2n) is 6.35. The van der Waals surface area contributed by atoms with Gasteiger partial charge in [-0.2, -0.15) is 0 Å². The Kier molecular flexibility index (Phi) is 19.3. The summed E-state index contributed by atoms with van der Waals surface area (Å²) in [7, 11) is 0. The molecule has 0 heteroatoms. The van der Waals surface area contributed by atoms with Gasteiger partial charge in [0.25, 0.3) is 0 Å². The molecule has 0 heterocycles. The number of rotatable bonds is 14. The van der Waals surface area contributed by atoms with E-state index >= 15 is 0 Å². The summed E-state index contributed by atoms with van der Waals surface area (Å²) in [5, 5.41) is 0. The molecule has 126 valence electrons. The van der Waals surface area contributed by atoms with Crippen LogP contribution in [0.1, 0.15) is 117 Å². The summed E-state index contributed by atoms with van der Waals surface area (Å²) in [5.41, 5.74) is 0. The first kappa shape index (κ1) is 21.1. The van der Waals surface area contributed by atoms with E-state index in [1.165, 1.54) is 89.9 Å². The van der Waals surface area contributed by atoms with Gasteiger partial charge in [0.15, 0.2) is 0 Å². The molecule has 0 aliphatic carbocycles. The van der Waals surface area contributed by atoms with Gasteiger partial charge in [0.1, 0.15) is 0 Å². The van der Waals surface area contributed by atoms with Crippen LogP contribution < -0.4 is 0 Å². The van der Waals surface area contributed by atoms with Crippen LogP contribution >= 0.6 is 0 Å². The van der Waals surface area contributed by atoms with Gasteiger partial charge < -0.3 is 0 Å². The first-order valence-corrected chi connectivity index (χ1v) is 9.87. The number of unbranched alkanes of at least 4 members (excludes halogenated alkanes) is 14. The largest absolute Gasteiger partial charge is 0.0891 e. The molecule has 0 aliphatic rings. The molecule has 0 atom stereocenters. The van der Waals surface area contributed by atoms with Crippen LogP contribution in [0.25, 0.3) is 0 Å². The summed E-state index contributed by atoms with van der Waals surface area (Å²) >= 11 is 0. The van der Waals surface area contributed by atoms with Crippen LogP contribution in [0.3, 0.4) is 0 Å². The summed E-state index contributed by atoms with van der Waals surface area (Å²) in [6.07, 6.45) is 21.3. The Hall–Kier alpha value is -0.880. The van der Waals surface area contributed by atoms with Crippen molar-refractivity contribution in [2.45, 2.75) is 117 Å². The van der Waals surface area contributed by atoms with Crippen molar-refractivity contribution in [2.75, 3.05) is 0 Å². The fourth-order valence-electron chi connectivity index (χ4n) is 2.53. The van der Waals surface area contributed by atoms with Crippen molar-refractivity contribution in [1.29, 1.82) is 0 Å². The summed E-state index contributed by atoms with van der Waals surface area (Å²) in [6.45, 7) is 4.48. The van der Waals surface area contributed by atoms with Crippen LogP contribution in [0.15, 0.2) is 0 Å². The van der Waals surface area contributed by atoms with Gasteiger partial charge in [0, 0.05) is 12.8 Å². The van der Waals surface area contributed by atoms with Crippen LogP contribution in [-0.4, -0.2) is 0 Å². The minimum absolute atomic E-state index is 1.00. The van der Waals surface area contributed by atoms with E-state index in [9.17, 15) is 0 Å². The minimum atomic E-state index is 1.00. The normalized spacial score (nSPS) is 9.73. The molecule has 0 aromatic carbocycles. The van der Waals surface area contributed by atoms with Gasteiger partial charge in [-0.25, -0.2) is 0 Å². The third kappa shape index (κ3) is 19.1. The van der Waals surface area contributed by atoms with E-state index in [4.69, 9.17) is 0 Å². The molecule has 0 aliphatic heterocycles. The van der Waals surface area contributed by atoms with E-state index in [0.717, 1.165) is 12.8 Å². The number of hydrogen-bond acceptors (Lipinski definition) is 0. The lowest BCUT2D eigenvalue weighted by atomic mass is 10.0. The standard InChI is InChI=1S/C22H38/c1-3-5-7-9-11-13-15-17-19-21-22-20-18-16-14-12-10-8-6-4-2/h3-9,11,13,15,17-22H2,1-2H3. The Morgan fingerprint density at radius 3 is 1.23 bits per heavy atom. The molecule has 0 rings (SSSR count). The molecule has 0 aromatic heterocycles. The van der Waals surface area contributed by atoms with Gasteiger partial charge in [-0.3, -0.25) is 0 Å². The third-order valence-electron chi connectivity index (χ3n) is 4.05. The average molecular weight is 303 g/mol. The van der Waals surface area contributed by atoms with Crippen molar-refractivity contribution in [1.82, 2.24) is 0 Å². The smallest absolute Gasteiger partial charge is 0.00989 e. The summed E-state index contributed by atoms with van der Waals surface area (Å²) in [5.74, 6) is 12.2. The second-order valence-corrected chi connectivity index (χ2v) is 6.35. The van der Waals surface area contributed by atoms with Crippen molar-refractivity contribution in [2.24, 2.45) is 0 Å². The highest BCUT2D eigenvalue weighted by Crippen LogP contribution is 2.12. The van der Waals surface area contributed by atoms with Gasteiger partial charge in [0.05, 0.1) is 0 Å². The average Bonchev–Trinajstić information content (AvgIpc) is 2.54. The summed E-state index contributed by atoms with van der Waals surface area (Å²) in [6, 6.07) is 0. The van der Waals surface area contributed by atoms with Crippen molar-refractivity contribution >= 4 is 0 Å². The molecular weight excluding hydrogens is 264 g/mol. The quantitative estimate of drug-likeness (QED) is 0.234. The van der Waals surface area contributed by atoms with Gasteiger partial charge >= 0.3 is 0 Å². The zero-order chi connectivity index (χ0) is 16.1. The van der Waals surface area contributed by atoms with E-state index in [-0.39, 0.29) is 0 Å². The first-order valence-electron chi connectivity index (χ1n) is 9.87. The Balaban J connectivity index is 3.14. The molecule has 0 bridgehead atoms. The highest BCUT2D eigenvalue weighted by atomic mass is 14.0. The molecule has 0 nitrogen and oxygen atoms in total. The highest BCUT2D eigenvalue weighted by molar-refractivity contribution is 5.25. The molecule has 22 heavy (non-hydrogen) atoms. The van der Waals surface area contributed by atoms with Crippen molar-refractivity contribution in [3.63, 3.8) is 0 Å². The van der Waals surface area contributed by atoms with E-state index in [0.29, 0.717) is 0 Å². The maximum atomic E-state index is 3.17. The van der Waals surface area contributed by atoms with Gasteiger partial charge in [0.2, 0.25) is 0 Å². The molecular formula is C22H38. The number of hydrogen-bond donors (Lipinski definition) is 0. The minimum Gasteiger partial charge on any atom is -0.0891 e. The molecule has 0 aromatic rings. The molecule has 0 fully saturated rings. The van der Waals surface area contributed by atoms with Gasteiger partial charge in [-0.1, -0.05) is 103 Å². The second kappa shape index (κ2) is 20.1. The predicted octanol–water partition coefficient (Wildman–Crippen LogP) is 7.27. The lowest BCUT2D eigenvalue weighted by Gasteiger charge is -2.01. The Bertz CT molecular complexity index is 317. The van der Waals surface area contributed by atoms with Crippen molar-refractivity contribution in [3.05, 3.63) is 0 Å². The van der Waals surface area contributed by atoms with E-state index in [1.54, 1.807) is 0 Å². The monoisotopic (exact) mass is 302 g/mol. The van der Waals surface area contributed by atoms with Gasteiger partial charge in [-0.05, 0) is 24.7 Å². The lowest BCUT2D eigenvalue weighted by Crippen LogP contribution is -1.82. The summed E-state index contributed by atoms with van der Waals surface area (Å²) < 4.78 is 0. The molecule has 0 N–H and O–H groups in total. The van der Waals surface area contributed by atoms with E-state index in [1.807, 2.05) is 0 Å². The summed E-state index contributed by atoms with van der Waals surface area (Å²) in [4.78, 5) is 0. The fourth-order valence-corrected chi connectivity index (χ4v) is 2.53. The topological polar surface area (TPSA) is 0 Å². The predicted molar refractivity (Wildman–Crippen MR) is 101 cm³/mol. The van der Waals surface area contributed by atoms with E-state index < -0.39 is 0 Å². The van der Waals surface area contributed by atoms with E-state index in [2.05, 4.69) is 37.5 Å². The van der Waals surface area contributed by atoms with Gasteiger partial charge in [-0.15, -0.1) is 0 Å². The zero-order valence-electron chi connectivity index (χ0n) is 15.3. The lowest BCUT2D eigenvalue weighted by molar-refractivity contribution is 0.545. The van der Waals surface area contributed by atoms with Crippen LogP contribution in [0, 0.1) is 23.7 Å². The first-order chi connectivity index (χ1) is 10.9. The van der Waals surface area contributed by atoms with Crippen LogP contribution in [0.5, 0.6) is 0 Å². The van der Waals surface area contributed by atoms with Crippen LogP contribution in [0.2, 0.25) is 0 Å². The Labute approximate surface area is 140 Å². The SMILES string of the molecule is CCCCC#CC#CCCCCCCCCCCCCCC. The highest BCUT2D eigenvalue weighted by Gasteiger charge is 1.92. The fraction of sp³-hybridized carbons (Fsp3) is 0.818. The van der Waals surface area contributed by atoms with Crippen LogP contribution in [-0.2, 0) is 0 Å². The molecule has 0 radical (unpaired) electrons. The Morgan fingerprint density at radius 2 is 0.773 bits per heavy atom. The molecule has 0 saturated carbocycles. The maximum absolute atomic E-state index is 3.17. The molecule has 0 saturated heterocycles. The molecule has 0 unspecified atom stereocenters. The molecule has 0 amide bonds.